The fourth-order valence-electron chi connectivity index (χ4n) is 2.66. The van der Waals surface area contributed by atoms with Crippen molar-refractivity contribution < 1.29 is 27.4 Å². The largest absolute Gasteiger partial charge is 0.573 e. The van der Waals surface area contributed by atoms with E-state index in [1.165, 1.54) is 12.1 Å². The lowest BCUT2D eigenvalue weighted by atomic mass is 10.0. The summed E-state index contributed by atoms with van der Waals surface area (Å²) in [6, 6.07) is 5.95. The fourth-order valence-corrected chi connectivity index (χ4v) is 2.66. The average molecular weight is 331 g/mol. The lowest BCUT2D eigenvalue weighted by Crippen LogP contribution is -2.47. The lowest BCUT2D eigenvalue weighted by Gasteiger charge is -2.25. The molecule has 1 amide bonds. The zero-order valence-electron chi connectivity index (χ0n) is 13.2. The molecule has 7 heteroatoms. The third-order valence-electron chi connectivity index (χ3n) is 3.64. The highest BCUT2D eigenvalue weighted by Crippen LogP contribution is 2.51. The topological polar surface area (TPSA) is 47.6 Å². The van der Waals surface area contributed by atoms with Gasteiger partial charge in [0.05, 0.1) is 12.1 Å². The summed E-state index contributed by atoms with van der Waals surface area (Å²) >= 11 is 0. The van der Waals surface area contributed by atoms with Crippen LogP contribution in [0.2, 0.25) is 0 Å². The predicted octanol–water partition coefficient (Wildman–Crippen LogP) is 3.23. The van der Waals surface area contributed by atoms with Crippen LogP contribution in [0.4, 0.5) is 13.2 Å². The zero-order chi connectivity index (χ0) is 17.3. The van der Waals surface area contributed by atoms with E-state index in [0.29, 0.717) is 18.6 Å². The molecular formula is C16H20F3NO3. The first kappa shape index (κ1) is 17.6. The SMILES string of the molecule is COCC(C)(C)NC(=O)C1CC1c1ccccc1OC(F)(F)F. The van der Waals surface area contributed by atoms with Gasteiger partial charge in [-0.15, -0.1) is 13.2 Å². The number of nitrogens with one attached hydrogen (secondary N) is 1. The Hall–Kier alpha value is -1.76. The van der Waals surface area contributed by atoms with Gasteiger partial charge in [0.15, 0.2) is 0 Å². The van der Waals surface area contributed by atoms with Crippen LogP contribution in [0.3, 0.4) is 0 Å². The second-order valence-electron chi connectivity index (χ2n) is 6.34. The molecule has 2 unspecified atom stereocenters. The van der Waals surface area contributed by atoms with Gasteiger partial charge < -0.3 is 14.8 Å². The Kier molecular flexibility index (Phi) is 4.89. The lowest BCUT2D eigenvalue weighted by molar-refractivity contribution is -0.274. The van der Waals surface area contributed by atoms with Crippen molar-refractivity contribution in [2.24, 2.45) is 5.92 Å². The number of carbonyl (C=O) groups is 1. The summed E-state index contributed by atoms with van der Waals surface area (Å²) < 4.78 is 46.4. The summed E-state index contributed by atoms with van der Waals surface area (Å²) in [4.78, 5) is 12.2. The molecule has 0 bridgehead atoms. The first-order chi connectivity index (χ1) is 10.6. The number of amides is 1. The summed E-state index contributed by atoms with van der Waals surface area (Å²) in [6.07, 6.45) is -4.24. The van der Waals surface area contributed by atoms with Crippen molar-refractivity contribution in [2.45, 2.75) is 38.1 Å². The number of hydrogen-bond donors (Lipinski definition) is 1. The van der Waals surface area contributed by atoms with E-state index in [1.54, 1.807) is 19.2 Å². The van der Waals surface area contributed by atoms with Crippen molar-refractivity contribution in [3.8, 4) is 5.75 Å². The Bertz CT molecular complexity index is 572. The molecular weight excluding hydrogens is 311 g/mol. The molecule has 1 aromatic rings. The molecule has 1 N–H and O–H groups in total. The van der Waals surface area contributed by atoms with Crippen LogP contribution in [0.15, 0.2) is 24.3 Å². The zero-order valence-corrected chi connectivity index (χ0v) is 13.2. The Morgan fingerprint density at radius 2 is 1.96 bits per heavy atom. The van der Waals surface area contributed by atoms with Gasteiger partial charge in [-0.1, -0.05) is 18.2 Å². The smallest absolute Gasteiger partial charge is 0.405 e. The van der Waals surface area contributed by atoms with Crippen molar-refractivity contribution in [3.63, 3.8) is 0 Å². The van der Waals surface area contributed by atoms with Crippen LogP contribution in [-0.2, 0) is 9.53 Å². The minimum Gasteiger partial charge on any atom is -0.405 e. The van der Waals surface area contributed by atoms with E-state index in [4.69, 9.17) is 4.74 Å². The number of benzene rings is 1. The Balaban J connectivity index is 2.05. The molecule has 0 aromatic heterocycles. The van der Waals surface area contributed by atoms with E-state index in [-0.39, 0.29) is 23.5 Å². The molecule has 2 rings (SSSR count). The first-order valence-electron chi connectivity index (χ1n) is 7.28. The van der Waals surface area contributed by atoms with Crippen LogP contribution in [0.25, 0.3) is 0 Å². The minimum atomic E-state index is -4.75. The number of alkyl halides is 3. The first-order valence-corrected chi connectivity index (χ1v) is 7.28. The summed E-state index contributed by atoms with van der Waals surface area (Å²) in [7, 11) is 1.54. The van der Waals surface area contributed by atoms with E-state index < -0.39 is 11.9 Å². The normalized spacial score (nSPS) is 21.0. The number of para-hydroxylation sites is 1. The third-order valence-corrected chi connectivity index (χ3v) is 3.64. The highest BCUT2D eigenvalue weighted by molar-refractivity contribution is 5.83. The predicted molar refractivity (Wildman–Crippen MR) is 78.1 cm³/mol. The molecule has 0 radical (unpaired) electrons. The average Bonchev–Trinajstić information content (AvgIpc) is 3.17. The van der Waals surface area contributed by atoms with Crippen molar-refractivity contribution >= 4 is 5.91 Å². The van der Waals surface area contributed by atoms with E-state index in [9.17, 15) is 18.0 Å². The van der Waals surface area contributed by atoms with Crippen LogP contribution in [0, 0.1) is 5.92 Å². The summed E-state index contributed by atoms with van der Waals surface area (Å²) in [5, 5.41) is 2.86. The molecule has 1 fully saturated rings. The number of ether oxygens (including phenoxy) is 2. The summed E-state index contributed by atoms with van der Waals surface area (Å²) in [5.74, 6) is -1.02. The standard InChI is InChI=1S/C16H20F3NO3/c1-15(2,9-22-3)20-14(21)12-8-11(12)10-6-4-5-7-13(10)23-16(17,18)19/h4-7,11-12H,8-9H2,1-3H3,(H,20,21). The Morgan fingerprint density at radius 1 is 1.30 bits per heavy atom. The van der Waals surface area contributed by atoms with Crippen LogP contribution in [0.5, 0.6) is 5.75 Å². The van der Waals surface area contributed by atoms with Crippen LogP contribution in [-0.4, -0.2) is 31.5 Å². The van der Waals surface area contributed by atoms with Gasteiger partial charge in [0.1, 0.15) is 5.75 Å². The maximum atomic E-state index is 12.5. The van der Waals surface area contributed by atoms with Gasteiger partial charge in [-0.25, -0.2) is 0 Å². The molecule has 0 heterocycles. The highest BCUT2D eigenvalue weighted by Gasteiger charge is 2.47. The molecule has 1 saturated carbocycles. The molecule has 128 valence electrons. The molecule has 2 atom stereocenters. The van der Waals surface area contributed by atoms with E-state index >= 15 is 0 Å². The second-order valence-corrected chi connectivity index (χ2v) is 6.34. The van der Waals surface area contributed by atoms with Gasteiger partial charge in [0, 0.05) is 13.0 Å². The van der Waals surface area contributed by atoms with Crippen LogP contribution in [0.1, 0.15) is 31.7 Å². The minimum absolute atomic E-state index is 0.182. The molecule has 23 heavy (non-hydrogen) atoms. The van der Waals surface area contributed by atoms with Crippen molar-refractivity contribution in [1.82, 2.24) is 5.32 Å². The van der Waals surface area contributed by atoms with Gasteiger partial charge in [-0.05, 0) is 37.8 Å². The maximum Gasteiger partial charge on any atom is 0.573 e. The third kappa shape index (κ3) is 4.86. The molecule has 1 aromatic carbocycles. The number of methoxy groups -OCH3 is 1. The van der Waals surface area contributed by atoms with Crippen LogP contribution < -0.4 is 10.1 Å². The molecule has 1 aliphatic carbocycles. The van der Waals surface area contributed by atoms with E-state index in [1.807, 2.05) is 13.8 Å². The Labute approximate surface area is 133 Å². The van der Waals surface area contributed by atoms with E-state index in [0.717, 1.165) is 0 Å². The maximum absolute atomic E-state index is 12.5. The number of carbonyl (C=O) groups excluding carboxylic acids is 1. The molecule has 0 aliphatic heterocycles. The second kappa shape index (κ2) is 6.39. The molecule has 0 saturated heterocycles. The Morgan fingerprint density at radius 3 is 2.57 bits per heavy atom. The van der Waals surface area contributed by atoms with E-state index in [2.05, 4.69) is 10.1 Å². The highest BCUT2D eigenvalue weighted by atomic mass is 19.4. The number of rotatable bonds is 6. The van der Waals surface area contributed by atoms with Crippen molar-refractivity contribution in [2.75, 3.05) is 13.7 Å². The van der Waals surface area contributed by atoms with Crippen molar-refractivity contribution in [1.29, 1.82) is 0 Å². The van der Waals surface area contributed by atoms with Gasteiger partial charge >= 0.3 is 6.36 Å². The van der Waals surface area contributed by atoms with Gasteiger partial charge in [-0.2, -0.15) is 0 Å². The quantitative estimate of drug-likeness (QED) is 0.871. The monoisotopic (exact) mass is 331 g/mol. The summed E-state index contributed by atoms with van der Waals surface area (Å²) in [6.45, 7) is 4.00. The molecule has 0 spiro atoms. The van der Waals surface area contributed by atoms with Gasteiger partial charge in [0.25, 0.3) is 0 Å². The van der Waals surface area contributed by atoms with Crippen molar-refractivity contribution in [3.05, 3.63) is 29.8 Å². The summed E-state index contributed by atoms with van der Waals surface area (Å²) in [5.41, 5.74) is -0.115. The molecule has 4 nitrogen and oxygen atoms in total. The number of hydrogen-bond acceptors (Lipinski definition) is 3. The fraction of sp³-hybridized carbons (Fsp3) is 0.562. The number of halogens is 3. The molecule has 1 aliphatic rings. The van der Waals surface area contributed by atoms with Gasteiger partial charge in [0.2, 0.25) is 5.91 Å². The van der Waals surface area contributed by atoms with Crippen LogP contribution >= 0.6 is 0 Å². The van der Waals surface area contributed by atoms with Gasteiger partial charge in [-0.3, -0.25) is 4.79 Å².